The number of halogens is 1. The molecular formula is C12H16FNO. The average Bonchev–Trinajstić information content (AvgIpc) is 2.13. The highest BCUT2D eigenvalue weighted by Crippen LogP contribution is 2.40. The Morgan fingerprint density at radius 2 is 2.13 bits per heavy atom. The first kappa shape index (κ1) is 10.6. The molecule has 0 radical (unpaired) electrons. The van der Waals surface area contributed by atoms with Crippen LogP contribution < -0.4 is 5.73 Å². The van der Waals surface area contributed by atoms with Crippen molar-refractivity contribution in [2.75, 3.05) is 0 Å². The van der Waals surface area contributed by atoms with Gasteiger partial charge in [-0.05, 0) is 35.1 Å². The molecule has 1 aliphatic rings. The molecule has 15 heavy (non-hydrogen) atoms. The molecule has 0 saturated carbocycles. The first-order valence-corrected chi connectivity index (χ1v) is 5.15. The van der Waals surface area contributed by atoms with Gasteiger partial charge >= 0.3 is 0 Å². The predicted octanol–water partition coefficient (Wildman–Crippen LogP) is 1.87. The molecule has 0 bridgehead atoms. The van der Waals surface area contributed by atoms with Crippen molar-refractivity contribution in [3.8, 4) is 0 Å². The van der Waals surface area contributed by atoms with Gasteiger partial charge in [-0.25, -0.2) is 4.39 Å². The molecule has 0 spiro atoms. The summed E-state index contributed by atoms with van der Waals surface area (Å²) < 4.78 is 13.1. The lowest BCUT2D eigenvalue weighted by Crippen LogP contribution is -2.39. The molecule has 0 heterocycles. The van der Waals surface area contributed by atoms with E-state index in [9.17, 15) is 9.50 Å². The van der Waals surface area contributed by atoms with Crippen LogP contribution in [0.25, 0.3) is 0 Å². The topological polar surface area (TPSA) is 46.2 Å². The Morgan fingerprint density at radius 1 is 1.47 bits per heavy atom. The van der Waals surface area contributed by atoms with E-state index in [1.807, 2.05) is 13.8 Å². The number of aliphatic hydroxyl groups is 1. The van der Waals surface area contributed by atoms with Crippen molar-refractivity contribution < 1.29 is 9.50 Å². The van der Waals surface area contributed by atoms with Gasteiger partial charge in [0, 0.05) is 0 Å². The van der Waals surface area contributed by atoms with E-state index in [-0.39, 0.29) is 11.2 Å². The van der Waals surface area contributed by atoms with Crippen molar-refractivity contribution >= 4 is 0 Å². The fraction of sp³-hybridized carbons (Fsp3) is 0.500. The lowest BCUT2D eigenvalue weighted by atomic mass is 9.70. The maximum atomic E-state index is 13.1. The van der Waals surface area contributed by atoms with E-state index in [0.29, 0.717) is 6.42 Å². The van der Waals surface area contributed by atoms with Crippen LogP contribution in [0.1, 0.15) is 37.4 Å². The van der Waals surface area contributed by atoms with Crippen molar-refractivity contribution in [3.63, 3.8) is 0 Å². The number of benzene rings is 1. The monoisotopic (exact) mass is 209 g/mol. The molecule has 0 aliphatic heterocycles. The van der Waals surface area contributed by atoms with Crippen LogP contribution in [0.3, 0.4) is 0 Å². The fourth-order valence-electron chi connectivity index (χ4n) is 2.39. The molecule has 3 N–H and O–H groups in total. The van der Waals surface area contributed by atoms with Crippen LogP contribution in [0.15, 0.2) is 18.2 Å². The van der Waals surface area contributed by atoms with E-state index in [4.69, 9.17) is 5.73 Å². The molecule has 1 aliphatic carbocycles. The van der Waals surface area contributed by atoms with Crippen molar-refractivity contribution in [1.29, 1.82) is 0 Å². The number of fused-ring (bicyclic) bond motifs is 1. The summed E-state index contributed by atoms with van der Waals surface area (Å²) in [6, 6.07) is 4.19. The predicted molar refractivity (Wildman–Crippen MR) is 57.0 cm³/mol. The SMILES string of the molecule is CC1(C)CC(O)[C@@H](N)c2cc(F)ccc21. The number of aliphatic hydroxyl groups excluding tert-OH is 1. The van der Waals surface area contributed by atoms with Gasteiger partial charge in [-0.3, -0.25) is 0 Å². The maximum Gasteiger partial charge on any atom is 0.123 e. The largest absolute Gasteiger partial charge is 0.391 e. The molecule has 0 amide bonds. The van der Waals surface area contributed by atoms with E-state index in [1.54, 1.807) is 6.07 Å². The molecule has 1 unspecified atom stereocenters. The summed E-state index contributed by atoms with van der Waals surface area (Å²) in [6.45, 7) is 4.08. The van der Waals surface area contributed by atoms with Crippen molar-refractivity contribution in [2.24, 2.45) is 5.73 Å². The lowest BCUT2D eigenvalue weighted by molar-refractivity contribution is 0.0993. The van der Waals surface area contributed by atoms with E-state index < -0.39 is 12.1 Å². The van der Waals surface area contributed by atoms with Crippen LogP contribution in [-0.4, -0.2) is 11.2 Å². The molecule has 3 heteroatoms. The van der Waals surface area contributed by atoms with Gasteiger partial charge in [-0.2, -0.15) is 0 Å². The third-order valence-electron chi connectivity index (χ3n) is 3.24. The molecule has 0 fully saturated rings. The zero-order chi connectivity index (χ0) is 11.2. The standard InChI is InChI=1S/C12H16FNO/c1-12(2)6-10(15)11(14)8-5-7(13)3-4-9(8)12/h3-5,10-11,15H,6,14H2,1-2H3/t10?,11-/m0/s1. The van der Waals surface area contributed by atoms with Gasteiger partial charge in [0.15, 0.2) is 0 Å². The summed E-state index contributed by atoms with van der Waals surface area (Å²) in [5, 5.41) is 9.80. The smallest absolute Gasteiger partial charge is 0.123 e. The van der Waals surface area contributed by atoms with Crippen LogP contribution >= 0.6 is 0 Å². The maximum absolute atomic E-state index is 13.1. The van der Waals surface area contributed by atoms with Crippen LogP contribution in [0.2, 0.25) is 0 Å². The van der Waals surface area contributed by atoms with E-state index in [0.717, 1.165) is 11.1 Å². The number of rotatable bonds is 0. The van der Waals surface area contributed by atoms with Crippen molar-refractivity contribution in [1.82, 2.24) is 0 Å². The average molecular weight is 209 g/mol. The van der Waals surface area contributed by atoms with Crippen molar-refractivity contribution in [3.05, 3.63) is 35.1 Å². The minimum absolute atomic E-state index is 0.141. The van der Waals surface area contributed by atoms with Gasteiger partial charge in [-0.1, -0.05) is 19.9 Å². The molecule has 0 aromatic heterocycles. The minimum Gasteiger partial charge on any atom is -0.391 e. The van der Waals surface area contributed by atoms with Crippen LogP contribution in [-0.2, 0) is 5.41 Å². The quantitative estimate of drug-likeness (QED) is 0.685. The third kappa shape index (κ3) is 1.66. The molecular weight excluding hydrogens is 193 g/mol. The van der Waals surface area contributed by atoms with Crippen molar-refractivity contribution in [2.45, 2.75) is 37.8 Å². The Kier molecular flexibility index (Phi) is 2.32. The first-order valence-electron chi connectivity index (χ1n) is 5.15. The van der Waals surface area contributed by atoms with Gasteiger partial charge in [0.05, 0.1) is 12.1 Å². The molecule has 0 saturated heterocycles. The van der Waals surface area contributed by atoms with Gasteiger partial charge in [0.2, 0.25) is 0 Å². The molecule has 82 valence electrons. The van der Waals surface area contributed by atoms with Gasteiger partial charge in [-0.15, -0.1) is 0 Å². The summed E-state index contributed by atoms with van der Waals surface area (Å²) >= 11 is 0. The second-order valence-electron chi connectivity index (χ2n) is 4.91. The fourth-order valence-corrected chi connectivity index (χ4v) is 2.39. The summed E-state index contributed by atoms with van der Waals surface area (Å²) in [4.78, 5) is 0. The number of hydrogen-bond donors (Lipinski definition) is 2. The van der Waals surface area contributed by atoms with E-state index in [2.05, 4.69) is 0 Å². The summed E-state index contributed by atoms with van der Waals surface area (Å²) in [5.41, 5.74) is 7.50. The second kappa shape index (κ2) is 3.29. The summed E-state index contributed by atoms with van der Waals surface area (Å²) in [6.07, 6.45) is 0.0292. The Balaban J connectivity index is 2.59. The molecule has 2 rings (SSSR count). The molecule has 1 aromatic rings. The Morgan fingerprint density at radius 3 is 2.80 bits per heavy atom. The minimum atomic E-state index is -0.589. The molecule has 2 atom stereocenters. The number of nitrogens with two attached hydrogens (primary N) is 1. The Labute approximate surface area is 88.9 Å². The lowest BCUT2D eigenvalue weighted by Gasteiger charge is -2.38. The Bertz CT molecular complexity index is 389. The van der Waals surface area contributed by atoms with Crippen LogP contribution in [0, 0.1) is 5.82 Å². The highest BCUT2D eigenvalue weighted by atomic mass is 19.1. The van der Waals surface area contributed by atoms with Crippen LogP contribution in [0.5, 0.6) is 0 Å². The van der Waals surface area contributed by atoms with Gasteiger partial charge in [0.1, 0.15) is 5.82 Å². The highest BCUT2D eigenvalue weighted by Gasteiger charge is 2.36. The zero-order valence-electron chi connectivity index (χ0n) is 9.00. The molecule has 1 aromatic carbocycles. The van der Waals surface area contributed by atoms with E-state index >= 15 is 0 Å². The summed E-state index contributed by atoms with van der Waals surface area (Å²) in [5.74, 6) is -0.297. The van der Waals surface area contributed by atoms with Gasteiger partial charge in [0.25, 0.3) is 0 Å². The first-order chi connectivity index (χ1) is 6.92. The second-order valence-corrected chi connectivity index (χ2v) is 4.91. The summed E-state index contributed by atoms with van der Waals surface area (Å²) in [7, 11) is 0. The number of hydrogen-bond acceptors (Lipinski definition) is 2. The normalized spacial score (nSPS) is 28.6. The highest BCUT2D eigenvalue weighted by molar-refractivity contribution is 5.39. The van der Waals surface area contributed by atoms with E-state index in [1.165, 1.54) is 12.1 Å². The zero-order valence-corrected chi connectivity index (χ0v) is 9.00. The molecule has 2 nitrogen and oxygen atoms in total. The third-order valence-corrected chi connectivity index (χ3v) is 3.24. The van der Waals surface area contributed by atoms with Crippen LogP contribution in [0.4, 0.5) is 4.39 Å². The Hall–Kier alpha value is -0.930. The van der Waals surface area contributed by atoms with Gasteiger partial charge < -0.3 is 10.8 Å².